The van der Waals surface area contributed by atoms with Crippen molar-refractivity contribution in [1.82, 2.24) is 10.2 Å². The van der Waals surface area contributed by atoms with E-state index in [4.69, 9.17) is 0 Å². The first-order valence-corrected chi connectivity index (χ1v) is 12.7. The number of Topliss-reactive ketones (excluding diaryl/α,β-unsaturated/α-hetero) is 1. The zero-order chi connectivity index (χ0) is 27.7. The van der Waals surface area contributed by atoms with Crippen molar-refractivity contribution in [3.8, 4) is 5.75 Å². The molecule has 10 heteroatoms. The molecule has 1 N–H and O–H groups in total. The minimum absolute atomic E-state index is 0.0648. The molecule has 1 amide bonds. The number of ketones is 1. The summed E-state index contributed by atoms with van der Waals surface area (Å²) in [6.45, 7) is 1.71. The summed E-state index contributed by atoms with van der Waals surface area (Å²) >= 11 is 0. The number of halogens is 3. The number of hydrogen-bond donors (Lipinski definition) is 1. The Morgan fingerprint density at radius 1 is 0.897 bits per heavy atom. The maximum Gasteiger partial charge on any atom is 0.573 e. The third-order valence-electron chi connectivity index (χ3n) is 7.17. The molecular formula is C29H26F3N3O4. The van der Waals surface area contributed by atoms with Gasteiger partial charge in [0.25, 0.3) is 5.78 Å². The van der Waals surface area contributed by atoms with Gasteiger partial charge in [-0.3, -0.25) is 14.5 Å². The molecule has 2 heterocycles. The van der Waals surface area contributed by atoms with E-state index in [1.54, 1.807) is 25.1 Å². The Bertz CT molecular complexity index is 1400. The Kier molecular flexibility index (Phi) is 7.12. The second-order valence-corrected chi connectivity index (χ2v) is 9.78. The summed E-state index contributed by atoms with van der Waals surface area (Å²) in [6.07, 6.45) is 0.890. The Morgan fingerprint density at radius 3 is 2.13 bits per heavy atom. The molecule has 1 saturated carbocycles. The molecule has 0 bridgehead atoms. The maximum absolute atomic E-state index is 13.3. The van der Waals surface area contributed by atoms with Crippen LogP contribution in [0.1, 0.15) is 66.4 Å². The van der Waals surface area contributed by atoms with Crippen LogP contribution in [-0.4, -0.2) is 33.4 Å². The van der Waals surface area contributed by atoms with E-state index >= 15 is 0 Å². The number of nitrogens with zero attached hydrogens (tertiary/aromatic N) is 3. The normalized spacial score (nSPS) is 19.9. The van der Waals surface area contributed by atoms with Gasteiger partial charge >= 0.3 is 12.3 Å². The number of carbonyl (C=O) groups is 2. The second-order valence-electron chi connectivity index (χ2n) is 9.78. The van der Waals surface area contributed by atoms with Crippen molar-refractivity contribution < 1.29 is 32.6 Å². The molecule has 3 aromatic rings. The molecule has 2 fully saturated rings. The van der Waals surface area contributed by atoms with Crippen LogP contribution in [0.15, 0.2) is 66.2 Å². The predicted octanol–water partition coefficient (Wildman–Crippen LogP) is 6.36. The maximum atomic E-state index is 13.3. The first-order chi connectivity index (χ1) is 18.6. The fourth-order valence-corrected chi connectivity index (χ4v) is 5.26. The predicted molar refractivity (Wildman–Crippen MR) is 137 cm³/mol. The van der Waals surface area contributed by atoms with E-state index in [1.165, 1.54) is 37.5 Å². The van der Waals surface area contributed by atoms with Crippen LogP contribution in [0.4, 0.5) is 19.0 Å². The quantitative estimate of drug-likeness (QED) is 0.231. The zero-order valence-corrected chi connectivity index (χ0v) is 21.1. The number of aliphatic hydroxyl groups is 1. The van der Waals surface area contributed by atoms with Crippen molar-refractivity contribution >= 4 is 23.3 Å². The van der Waals surface area contributed by atoms with Crippen molar-refractivity contribution in [1.29, 1.82) is 0 Å². The molecular weight excluding hydrogens is 511 g/mol. The molecule has 1 aromatic heterocycles. The third-order valence-corrected chi connectivity index (χ3v) is 7.17. The van der Waals surface area contributed by atoms with Gasteiger partial charge in [0, 0.05) is 5.56 Å². The summed E-state index contributed by atoms with van der Waals surface area (Å²) in [4.78, 5) is 27.6. The van der Waals surface area contributed by atoms with Crippen molar-refractivity contribution in [2.75, 3.05) is 4.90 Å². The molecule has 2 aliphatic rings. The summed E-state index contributed by atoms with van der Waals surface area (Å²) in [6, 6.07) is 14.0. The van der Waals surface area contributed by atoms with Gasteiger partial charge in [-0.15, -0.1) is 18.3 Å². The highest BCUT2D eigenvalue weighted by Crippen LogP contribution is 2.42. The molecule has 1 atom stereocenters. The largest absolute Gasteiger partial charge is 0.573 e. The van der Waals surface area contributed by atoms with Crippen LogP contribution in [0, 0.1) is 6.92 Å². The molecule has 2 aromatic carbocycles. The fourth-order valence-electron chi connectivity index (χ4n) is 5.26. The number of ether oxygens (including phenoxy) is 1. The van der Waals surface area contributed by atoms with E-state index in [2.05, 4.69) is 14.9 Å². The highest BCUT2D eigenvalue weighted by Gasteiger charge is 2.47. The summed E-state index contributed by atoms with van der Waals surface area (Å²) in [5, 5.41) is 19.3. The number of benzene rings is 2. The van der Waals surface area contributed by atoms with Crippen LogP contribution in [-0.2, 0) is 9.59 Å². The number of rotatable bonds is 5. The van der Waals surface area contributed by atoms with Crippen LogP contribution in [0.25, 0.3) is 5.76 Å². The van der Waals surface area contributed by atoms with Gasteiger partial charge in [0.2, 0.25) is 0 Å². The molecule has 1 aliphatic carbocycles. The van der Waals surface area contributed by atoms with E-state index in [-0.39, 0.29) is 22.7 Å². The van der Waals surface area contributed by atoms with E-state index in [1.807, 2.05) is 12.1 Å². The second kappa shape index (κ2) is 10.5. The topological polar surface area (TPSA) is 92.6 Å². The molecule has 0 radical (unpaired) electrons. The minimum Gasteiger partial charge on any atom is -0.507 e. The molecule has 0 spiro atoms. The SMILES string of the molecule is Cc1ccc(N2C(=O)C(=O)C(=C(O)c3ccc(C4CCCCC4)cc3)C2c2ccc(OC(F)(F)F)cc2)nn1. The number of amides is 1. The lowest BCUT2D eigenvalue weighted by Crippen LogP contribution is -2.30. The molecule has 7 nitrogen and oxygen atoms in total. The first kappa shape index (κ1) is 26.4. The highest BCUT2D eigenvalue weighted by molar-refractivity contribution is 6.51. The van der Waals surface area contributed by atoms with Gasteiger partial charge in [-0.25, -0.2) is 0 Å². The smallest absolute Gasteiger partial charge is 0.507 e. The molecule has 1 aliphatic heterocycles. The van der Waals surface area contributed by atoms with E-state index in [0.29, 0.717) is 17.2 Å². The van der Waals surface area contributed by atoms with Gasteiger partial charge in [-0.2, -0.15) is 5.10 Å². The number of aromatic nitrogens is 2. The Balaban J connectivity index is 1.57. The van der Waals surface area contributed by atoms with Crippen molar-refractivity contribution in [2.24, 2.45) is 0 Å². The van der Waals surface area contributed by atoms with Crippen molar-refractivity contribution in [3.05, 3.63) is 88.6 Å². The molecule has 1 saturated heterocycles. The molecule has 39 heavy (non-hydrogen) atoms. The summed E-state index contributed by atoms with van der Waals surface area (Å²) in [7, 11) is 0. The molecule has 5 rings (SSSR count). The number of aryl methyl sites for hydroxylation is 1. The lowest BCUT2D eigenvalue weighted by atomic mass is 9.84. The van der Waals surface area contributed by atoms with Gasteiger partial charge in [-0.05, 0) is 61.1 Å². The minimum atomic E-state index is -4.88. The summed E-state index contributed by atoms with van der Waals surface area (Å²) in [5.74, 6) is -2.21. The Hall–Kier alpha value is -4.21. The number of hydrogen-bond acceptors (Lipinski definition) is 6. The van der Waals surface area contributed by atoms with Crippen LogP contribution >= 0.6 is 0 Å². The fraction of sp³-hybridized carbons (Fsp3) is 0.310. The van der Waals surface area contributed by atoms with Crippen molar-refractivity contribution in [3.63, 3.8) is 0 Å². The van der Waals surface area contributed by atoms with Gasteiger partial charge in [0.1, 0.15) is 11.5 Å². The summed E-state index contributed by atoms with van der Waals surface area (Å²) < 4.78 is 42.0. The van der Waals surface area contributed by atoms with Crippen molar-refractivity contribution in [2.45, 2.75) is 57.3 Å². The lowest BCUT2D eigenvalue weighted by molar-refractivity contribution is -0.274. The first-order valence-electron chi connectivity index (χ1n) is 12.7. The highest BCUT2D eigenvalue weighted by atomic mass is 19.4. The Labute approximate surface area is 222 Å². The Morgan fingerprint density at radius 2 is 1.54 bits per heavy atom. The number of aliphatic hydroxyl groups excluding tert-OH is 1. The van der Waals surface area contributed by atoms with Crippen LogP contribution in [0.2, 0.25) is 0 Å². The van der Waals surface area contributed by atoms with E-state index in [0.717, 1.165) is 35.4 Å². The van der Waals surface area contributed by atoms with E-state index < -0.39 is 29.8 Å². The summed E-state index contributed by atoms with van der Waals surface area (Å²) in [5.41, 5.74) is 2.17. The van der Waals surface area contributed by atoms with Gasteiger partial charge in [-0.1, -0.05) is 55.7 Å². The monoisotopic (exact) mass is 537 g/mol. The zero-order valence-electron chi connectivity index (χ0n) is 21.1. The van der Waals surface area contributed by atoms with Crippen LogP contribution in [0.5, 0.6) is 5.75 Å². The van der Waals surface area contributed by atoms with E-state index in [9.17, 15) is 27.9 Å². The molecule has 1 unspecified atom stereocenters. The van der Waals surface area contributed by atoms with Crippen LogP contribution in [0.3, 0.4) is 0 Å². The average Bonchev–Trinajstić information content (AvgIpc) is 3.19. The van der Waals surface area contributed by atoms with Crippen LogP contribution < -0.4 is 9.64 Å². The van der Waals surface area contributed by atoms with Gasteiger partial charge in [0.05, 0.1) is 17.3 Å². The van der Waals surface area contributed by atoms with Gasteiger partial charge in [0.15, 0.2) is 5.82 Å². The lowest BCUT2D eigenvalue weighted by Gasteiger charge is -2.24. The standard InChI is InChI=1S/C29H26F3N3O4/c1-17-7-16-23(34-33-17)35-25(20-12-14-22(15-13-20)39-29(30,31)32)24(27(37)28(35)38)26(36)21-10-8-19(9-11-21)18-5-3-2-4-6-18/h7-16,18,25,36H,2-6H2,1H3. The van der Waals surface area contributed by atoms with Gasteiger partial charge < -0.3 is 9.84 Å². The third kappa shape index (κ3) is 5.50. The number of carbonyl (C=O) groups excluding carboxylic acids is 2. The molecule has 202 valence electrons. The number of anilines is 1. The number of alkyl halides is 3. The average molecular weight is 538 g/mol.